The van der Waals surface area contributed by atoms with E-state index in [2.05, 4.69) is 48.0 Å². The Morgan fingerprint density at radius 1 is 1.07 bits per heavy atom. The quantitative estimate of drug-likeness (QED) is 0.436. The summed E-state index contributed by atoms with van der Waals surface area (Å²) < 4.78 is 1.38. The van der Waals surface area contributed by atoms with E-state index in [1.807, 2.05) is 0 Å². The van der Waals surface area contributed by atoms with Crippen molar-refractivity contribution in [1.29, 1.82) is 0 Å². The molecule has 0 atom stereocenters. The topological polar surface area (TPSA) is 0 Å². The van der Waals surface area contributed by atoms with Crippen LogP contribution in [0.15, 0.2) is 30.3 Å². The van der Waals surface area contributed by atoms with E-state index in [9.17, 15) is 0 Å². The maximum atomic E-state index is 3.29. The van der Waals surface area contributed by atoms with Crippen molar-refractivity contribution in [2.75, 3.05) is 0 Å². The predicted molar refractivity (Wildman–Crippen MR) is 68.4 cm³/mol. The van der Waals surface area contributed by atoms with E-state index >= 15 is 0 Å². The Morgan fingerprint density at radius 2 is 1.87 bits per heavy atom. The average molecular weight is 265 g/mol. The first-order valence-corrected chi connectivity index (χ1v) is 7.34. The monoisotopic (exact) mass is 266 g/mol. The summed E-state index contributed by atoms with van der Waals surface area (Å²) >= 11 is 0.353. The molecule has 0 aliphatic heterocycles. The molecule has 1 rings (SSSR count). The molecule has 0 unspecified atom stereocenters. The van der Waals surface area contributed by atoms with E-state index < -0.39 is 0 Å². The zero-order valence-corrected chi connectivity index (χ0v) is 11.0. The number of unbranched alkanes of at least 4 members (excludes halogenated alkanes) is 4. The van der Waals surface area contributed by atoms with Crippen molar-refractivity contribution in [3.05, 3.63) is 30.3 Å². The van der Waals surface area contributed by atoms with Crippen molar-refractivity contribution in [1.82, 2.24) is 0 Å². The zero-order valence-electron chi connectivity index (χ0n) is 9.33. The number of benzene rings is 1. The molecule has 0 heterocycles. The maximum absolute atomic E-state index is 3.29. The minimum atomic E-state index is 0.353. The third kappa shape index (κ3) is 6.39. The fourth-order valence-corrected chi connectivity index (χ4v) is 2.50. The molecule has 0 radical (unpaired) electrons. The normalized spacial score (nSPS) is 9.40. The van der Waals surface area contributed by atoms with Gasteiger partial charge in [0.2, 0.25) is 0 Å². The summed E-state index contributed by atoms with van der Waals surface area (Å²) in [5.74, 6) is 3.27. The summed E-state index contributed by atoms with van der Waals surface area (Å²) in [4.78, 5) is 3.29. The van der Waals surface area contributed by atoms with Crippen molar-refractivity contribution >= 4 is 19.4 Å². The Labute approximate surface area is 99.6 Å². The third-order valence-electron chi connectivity index (χ3n) is 2.14. The average Bonchev–Trinajstić information content (AvgIpc) is 2.29. The molecule has 0 nitrogen and oxygen atoms in total. The molecule has 1 aromatic carbocycles. The molecule has 0 bridgehead atoms. The van der Waals surface area contributed by atoms with E-state index in [0.717, 1.165) is 6.42 Å². The van der Waals surface area contributed by atoms with Gasteiger partial charge in [-0.2, -0.15) is 0 Å². The van der Waals surface area contributed by atoms with Crippen LogP contribution in [0.2, 0.25) is 0 Å². The second-order valence-corrected chi connectivity index (χ2v) is 5.35. The van der Waals surface area contributed by atoms with Crippen LogP contribution in [0.25, 0.3) is 0 Å². The van der Waals surface area contributed by atoms with Crippen LogP contribution in [-0.2, 0) is 0 Å². The van der Waals surface area contributed by atoms with Crippen LogP contribution in [0.1, 0.15) is 39.0 Å². The fourth-order valence-electron chi connectivity index (χ4n) is 1.27. The summed E-state index contributed by atoms with van der Waals surface area (Å²) in [5.41, 5.74) is 0. The van der Waals surface area contributed by atoms with Crippen molar-refractivity contribution in [3.63, 3.8) is 0 Å². The molecule has 0 N–H and O–H groups in total. The summed E-state index contributed by atoms with van der Waals surface area (Å²) in [6, 6.07) is 10.5. The van der Waals surface area contributed by atoms with Gasteiger partial charge in [0.15, 0.2) is 0 Å². The van der Waals surface area contributed by atoms with Gasteiger partial charge < -0.3 is 0 Å². The van der Waals surface area contributed by atoms with Gasteiger partial charge in [-0.25, -0.2) is 0 Å². The van der Waals surface area contributed by atoms with Gasteiger partial charge in [-0.3, -0.25) is 0 Å². The molecule has 0 amide bonds. The molecule has 15 heavy (non-hydrogen) atoms. The van der Waals surface area contributed by atoms with E-state index in [1.165, 1.54) is 30.1 Å². The summed E-state index contributed by atoms with van der Waals surface area (Å²) in [5, 5.41) is 0. The van der Waals surface area contributed by atoms with Crippen LogP contribution in [0, 0.1) is 10.7 Å². The summed E-state index contributed by atoms with van der Waals surface area (Å²) in [6.07, 6.45) is 6.34. The molecule has 0 aliphatic rings. The summed E-state index contributed by atoms with van der Waals surface area (Å²) in [7, 11) is 0. The Balaban J connectivity index is 2.12. The van der Waals surface area contributed by atoms with E-state index in [4.69, 9.17) is 0 Å². The molecule has 80 valence electrons. The molecule has 0 aliphatic carbocycles. The number of hydrogen-bond donors (Lipinski definition) is 0. The Bertz CT molecular complexity index is 305. The molecular weight excluding hydrogens is 247 g/mol. The van der Waals surface area contributed by atoms with Gasteiger partial charge in [0, 0.05) is 0 Å². The van der Waals surface area contributed by atoms with Gasteiger partial charge in [0.25, 0.3) is 0 Å². The predicted octanol–water partition coefficient (Wildman–Crippen LogP) is 2.95. The molecule has 1 heteroatoms. The van der Waals surface area contributed by atoms with Gasteiger partial charge in [0.1, 0.15) is 0 Å². The van der Waals surface area contributed by atoms with Crippen molar-refractivity contribution < 1.29 is 0 Å². The molecule has 0 fully saturated rings. The summed E-state index contributed by atoms with van der Waals surface area (Å²) in [6.45, 7) is 2.24. The standard InChI is InChI=1S/C14H18Se/c1-2-3-4-5-6-10-13-15-14-11-8-7-9-12-14/h7-9,11-12H,2-6H2,1H3. The Kier molecular flexibility index (Phi) is 7.09. The first-order chi connectivity index (χ1) is 7.43. The fraction of sp³-hybridized carbons (Fsp3) is 0.429. The minimum absolute atomic E-state index is 0.353. The van der Waals surface area contributed by atoms with E-state index in [-0.39, 0.29) is 0 Å². The second-order valence-electron chi connectivity index (χ2n) is 3.50. The van der Waals surface area contributed by atoms with Gasteiger partial charge in [0.05, 0.1) is 0 Å². The SMILES string of the molecule is CCCCCCC#C[Se]c1ccccc1. The van der Waals surface area contributed by atoms with Gasteiger partial charge in [-0.1, -0.05) is 0 Å². The van der Waals surface area contributed by atoms with Gasteiger partial charge in [-0.15, -0.1) is 0 Å². The first kappa shape index (κ1) is 12.4. The van der Waals surface area contributed by atoms with Crippen LogP contribution in [0.4, 0.5) is 0 Å². The van der Waals surface area contributed by atoms with E-state index in [1.54, 1.807) is 0 Å². The van der Waals surface area contributed by atoms with E-state index in [0.29, 0.717) is 15.0 Å². The zero-order chi connectivity index (χ0) is 10.8. The van der Waals surface area contributed by atoms with Gasteiger partial charge in [-0.05, 0) is 0 Å². The van der Waals surface area contributed by atoms with Crippen molar-refractivity contribution in [2.45, 2.75) is 39.0 Å². The van der Waals surface area contributed by atoms with Crippen LogP contribution >= 0.6 is 0 Å². The van der Waals surface area contributed by atoms with Crippen LogP contribution in [0.3, 0.4) is 0 Å². The van der Waals surface area contributed by atoms with Crippen LogP contribution in [-0.4, -0.2) is 15.0 Å². The van der Waals surface area contributed by atoms with Crippen molar-refractivity contribution in [3.8, 4) is 10.7 Å². The molecule has 1 aromatic rings. The Morgan fingerprint density at radius 3 is 2.60 bits per heavy atom. The molecular formula is C14H18Se. The third-order valence-corrected chi connectivity index (χ3v) is 3.72. The van der Waals surface area contributed by atoms with Crippen LogP contribution < -0.4 is 4.46 Å². The number of rotatable bonds is 5. The van der Waals surface area contributed by atoms with Gasteiger partial charge >= 0.3 is 99.5 Å². The van der Waals surface area contributed by atoms with Crippen molar-refractivity contribution in [2.24, 2.45) is 0 Å². The number of hydrogen-bond acceptors (Lipinski definition) is 0. The first-order valence-electron chi connectivity index (χ1n) is 5.63. The second kappa shape index (κ2) is 8.60. The molecule has 0 saturated heterocycles. The van der Waals surface area contributed by atoms with Crippen LogP contribution in [0.5, 0.6) is 0 Å². The molecule has 0 saturated carbocycles. The molecule has 0 spiro atoms. The molecule has 0 aromatic heterocycles. The Hall–Kier alpha value is -0.701.